The molecule has 0 unspecified atom stereocenters. The number of benzene rings is 2. The summed E-state index contributed by atoms with van der Waals surface area (Å²) in [6.07, 6.45) is 2.51. The predicted octanol–water partition coefficient (Wildman–Crippen LogP) is 4.59. The molecule has 0 aromatic heterocycles. The van der Waals surface area contributed by atoms with Crippen LogP contribution in [0.2, 0.25) is 0 Å². The SMILES string of the molecule is Cc1ccc(Sc2ccccc2OC2CCNCC2)c(C)c1. The second-order valence-electron chi connectivity index (χ2n) is 5.88. The Hall–Kier alpha value is -1.45. The van der Waals surface area contributed by atoms with Gasteiger partial charge in [-0.15, -0.1) is 0 Å². The van der Waals surface area contributed by atoms with Crippen LogP contribution in [0.5, 0.6) is 5.75 Å². The lowest BCUT2D eigenvalue weighted by Gasteiger charge is -2.25. The normalized spacial score (nSPS) is 15.7. The van der Waals surface area contributed by atoms with E-state index in [1.54, 1.807) is 11.8 Å². The highest BCUT2D eigenvalue weighted by Gasteiger charge is 2.16. The highest BCUT2D eigenvalue weighted by Crippen LogP contribution is 2.37. The van der Waals surface area contributed by atoms with Gasteiger partial charge in [-0.25, -0.2) is 0 Å². The average molecular weight is 313 g/mol. The standard InChI is InChI=1S/C19H23NOS/c1-14-7-8-18(15(2)13-14)22-19-6-4-3-5-17(19)21-16-9-11-20-12-10-16/h3-8,13,16,20H,9-12H2,1-2H3. The quantitative estimate of drug-likeness (QED) is 0.892. The van der Waals surface area contributed by atoms with Crippen LogP contribution >= 0.6 is 11.8 Å². The highest BCUT2D eigenvalue weighted by molar-refractivity contribution is 7.99. The molecule has 22 heavy (non-hydrogen) atoms. The Bertz CT molecular complexity index is 635. The maximum absolute atomic E-state index is 6.26. The third kappa shape index (κ3) is 3.84. The van der Waals surface area contributed by atoms with Crippen LogP contribution in [-0.2, 0) is 0 Å². The van der Waals surface area contributed by atoms with Gasteiger partial charge >= 0.3 is 0 Å². The largest absolute Gasteiger partial charge is 0.489 e. The first-order valence-corrected chi connectivity index (χ1v) is 8.75. The van der Waals surface area contributed by atoms with Gasteiger partial charge in [-0.2, -0.15) is 0 Å². The number of ether oxygens (including phenoxy) is 1. The summed E-state index contributed by atoms with van der Waals surface area (Å²) in [5.74, 6) is 1.01. The maximum atomic E-state index is 6.26. The third-order valence-corrected chi connectivity index (χ3v) is 5.21. The summed E-state index contributed by atoms with van der Waals surface area (Å²) in [5.41, 5.74) is 2.63. The molecule has 0 atom stereocenters. The second kappa shape index (κ2) is 7.21. The zero-order valence-corrected chi connectivity index (χ0v) is 14.1. The minimum atomic E-state index is 0.335. The summed E-state index contributed by atoms with van der Waals surface area (Å²) in [6.45, 7) is 6.41. The molecule has 116 valence electrons. The smallest absolute Gasteiger partial charge is 0.133 e. The Kier molecular flexibility index (Phi) is 5.06. The first kappa shape index (κ1) is 15.4. The Morgan fingerprint density at radius 2 is 1.77 bits per heavy atom. The van der Waals surface area contributed by atoms with Gasteiger partial charge in [0.2, 0.25) is 0 Å². The maximum Gasteiger partial charge on any atom is 0.133 e. The number of rotatable bonds is 4. The van der Waals surface area contributed by atoms with Crippen molar-refractivity contribution in [2.75, 3.05) is 13.1 Å². The topological polar surface area (TPSA) is 21.3 Å². The van der Waals surface area contributed by atoms with Gasteiger partial charge in [0, 0.05) is 4.90 Å². The lowest BCUT2D eigenvalue weighted by atomic mass is 10.1. The summed E-state index contributed by atoms with van der Waals surface area (Å²) in [7, 11) is 0. The van der Waals surface area contributed by atoms with Crippen molar-refractivity contribution < 1.29 is 4.74 Å². The molecule has 2 aromatic carbocycles. The first-order valence-electron chi connectivity index (χ1n) is 7.94. The van der Waals surface area contributed by atoms with E-state index in [-0.39, 0.29) is 0 Å². The molecule has 0 saturated carbocycles. The van der Waals surface area contributed by atoms with Crippen LogP contribution in [0.1, 0.15) is 24.0 Å². The molecule has 0 spiro atoms. The van der Waals surface area contributed by atoms with Crippen LogP contribution in [-0.4, -0.2) is 19.2 Å². The molecular formula is C19H23NOS. The number of nitrogens with one attached hydrogen (secondary N) is 1. The number of hydrogen-bond acceptors (Lipinski definition) is 3. The lowest BCUT2D eigenvalue weighted by Crippen LogP contribution is -2.34. The van der Waals surface area contributed by atoms with Crippen molar-refractivity contribution in [1.29, 1.82) is 0 Å². The van der Waals surface area contributed by atoms with Crippen LogP contribution in [0.3, 0.4) is 0 Å². The molecule has 1 saturated heterocycles. The second-order valence-corrected chi connectivity index (χ2v) is 6.97. The fourth-order valence-electron chi connectivity index (χ4n) is 2.76. The number of piperidine rings is 1. The number of hydrogen-bond donors (Lipinski definition) is 1. The van der Waals surface area contributed by atoms with Crippen molar-refractivity contribution >= 4 is 11.8 Å². The molecule has 1 aliphatic heterocycles. The molecule has 3 rings (SSSR count). The molecule has 0 amide bonds. The first-order chi connectivity index (χ1) is 10.7. The molecule has 1 aliphatic rings. The van der Waals surface area contributed by atoms with Gasteiger partial charge in [-0.3, -0.25) is 0 Å². The van der Waals surface area contributed by atoms with Crippen molar-refractivity contribution in [3.8, 4) is 5.75 Å². The molecule has 2 aromatic rings. The van der Waals surface area contributed by atoms with Gasteiger partial charge in [0.1, 0.15) is 11.9 Å². The number of para-hydroxylation sites is 1. The van der Waals surface area contributed by atoms with E-state index in [1.165, 1.54) is 20.9 Å². The molecule has 1 heterocycles. The van der Waals surface area contributed by atoms with Crippen molar-refractivity contribution in [2.24, 2.45) is 0 Å². The molecule has 3 heteroatoms. The van der Waals surface area contributed by atoms with Crippen LogP contribution in [0.15, 0.2) is 52.3 Å². The summed E-state index contributed by atoms with van der Waals surface area (Å²) in [4.78, 5) is 2.50. The number of aryl methyl sites for hydroxylation is 2. The van der Waals surface area contributed by atoms with Crippen LogP contribution in [0.25, 0.3) is 0 Å². The minimum absolute atomic E-state index is 0.335. The van der Waals surface area contributed by atoms with E-state index in [0.29, 0.717) is 6.10 Å². The third-order valence-electron chi connectivity index (χ3n) is 3.98. The van der Waals surface area contributed by atoms with Gasteiger partial charge in [-0.1, -0.05) is 41.6 Å². The van der Waals surface area contributed by atoms with Crippen LogP contribution in [0, 0.1) is 13.8 Å². The van der Waals surface area contributed by atoms with Crippen molar-refractivity contribution in [3.63, 3.8) is 0 Å². The zero-order valence-electron chi connectivity index (χ0n) is 13.3. The van der Waals surface area contributed by atoms with E-state index in [9.17, 15) is 0 Å². The van der Waals surface area contributed by atoms with Crippen LogP contribution in [0.4, 0.5) is 0 Å². The van der Waals surface area contributed by atoms with Gasteiger partial charge in [0.05, 0.1) is 4.90 Å². The average Bonchev–Trinajstić information content (AvgIpc) is 2.53. The van der Waals surface area contributed by atoms with E-state index < -0.39 is 0 Å². The summed E-state index contributed by atoms with van der Waals surface area (Å²) in [5, 5.41) is 3.38. The Labute approximate surface area is 137 Å². The predicted molar refractivity (Wildman–Crippen MR) is 93.0 cm³/mol. The Morgan fingerprint density at radius 1 is 1.00 bits per heavy atom. The van der Waals surface area contributed by atoms with Crippen molar-refractivity contribution in [2.45, 2.75) is 42.6 Å². The molecule has 1 fully saturated rings. The monoisotopic (exact) mass is 313 g/mol. The van der Waals surface area contributed by atoms with Crippen molar-refractivity contribution in [3.05, 3.63) is 53.6 Å². The minimum Gasteiger partial charge on any atom is -0.489 e. The fraction of sp³-hybridized carbons (Fsp3) is 0.368. The summed E-state index contributed by atoms with van der Waals surface area (Å²) < 4.78 is 6.26. The van der Waals surface area contributed by atoms with E-state index in [0.717, 1.165) is 31.7 Å². The van der Waals surface area contributed by atoms with Gasteiger partial charge < -0.3 is 10.1 Å². The van der Waals surface area contributed by atoms with Crippen LogP contribution < -0.4 is 10.1 Å². The van der Waals surface area contributed by atoms with Crippen molar-refractivity contribution in [1.82, 2.24) is 5.32 Å². The summed E-state index contributed by atoms with van der Waals surface area (Å²) >= 11 is 1.80. The van der Waals surface area contributed by atoms with Gasteiger partial charge in [0.15, 0.2) is 0 Å². The van der Waals surface area contributed by atoms with E-state index in [1.807, 2.05) is 0 Å². The zero-order chi connectivity index (χ0) is 15.4. The lowest BCUT2D eigenvalue weighted by molar-refractivity contribution is 0.158. The molecule has 2 nitrogen and oxygen atoms in total. The molecule has 0 radical (unpaired) electrons. The Balaban J connectivity index is 1.78. The highest BCUT2D eigenvalue weighted by atomic mass is 32.2. The molecule has 0 aliphatic carbocycles. The van der Waals surface area contributed by atoms with E-state index in [2.05, 4.69) is 61.6 Å². The molecule has 1 N–H and O–H groups in total. The van der Waals surface area contributed by atoms with E-state index >= 15 is 0 Å². The molecular weight excluding hydrogens is 290 g/mol. The van der Waals surface area contributed by atoms with Gasteiger partial charge in [0.25, 0.3) is 0 Å². The van der Waals surface area contributed by atoms with Gasteiger partial charge in [-0.05, 0) is 63.5 Å². The summed E-state index contributed by atoms with van der Waals surface area (Å²) in [6, 6.07) is 15.0. The fourth-order valence-corrected chi connectivity index (χ4v) is 3.71. The molecule has 0 bridgehead atoms. The Morgan fingerprint density at radius 3 is 2.55 bits per heavy atom. The van der Waals surface area contributed by atoms with E-state index in [4.69, 9.17) is 4.74 Å².